The Labute approximate surface area is 111 Å². The largest absolute Gasteiger partial charge is 0.451 e. The Morgan fingerprint density at radius 3 is 2.21 bits per heavy atom. The molecule has 1 aromatic carbocycles. The number of halogens is 2. The van der Waals surface area contributed by atoms with Gasteiger partial charge in [0.25, 0.3) is 0 Å². The summed E-state index contributed by atoms with van der Waals surface area (Å²) < 4.78 is 32.2. The third kappa shape index (κ3) is 2.83. The fourth-order valence-electron chi connectivity index (χ4n) is 2.48. The summed E-state index contributed by atoms with van der Waals surface area (Å²) >= 11 is 0. The van der Waals surface area contributed by atoms with E-state index < -0.39 is 23.2 Å². The van der Waals surface area contributed by atoms with E-state index in [1.54, 1.807) is 6.92 Å². The molecule has 0 amide bonds. The first-order valence-electron chi connectivity index (χ1n) is 6.28. The zero-order chi connectivity index (χ0) is 14.0. The molecule has 4 heteroatoms. The monoisotopic (exact) mass is 266 g/mol. The Bertz CT molecular complexity index is 497. The summed E-state index contributed by atoms with van der Waals surface area (Å²) in [4.78, 5) is 11.7. The minimum Gasteiger partial charge on any atom is -0.451 e. The quantitative estimate of drug-likeness (QED) is 0.613. The van der Waals surface area contributed by atoms with Crippen LogP contribution in [0, 0.1) is 11.6 Å². The maximum absolute atomic E-state index is 13.3. The molecule has 0 saturated heterocycles. The summed E-state index contributed by atoms with van der Waals surface area (Å²) in [5.74, 6) is -1.84. The van der Waals surface area contributed by atoms with Crippen LogP contribution in [0.3, 0.4) is 0 Å². The van der Waals surface area contributed by atoms with Crippen molar-refractivity contribution in [2.75, 3.05) is 0 Å². The number of esters is 1. The minimum atomic E-state index is -0.918. The van der Waals surface area contributed by atoms with Gasteiger partial charge in [0.1, 0.15) is 17.2 Å². The lowest BCUT2D eigenvalue weighted by molar-refractivity contribution is -0.155. The van der Waals surface area contributed by atoms with Crippen molar-refractivity contribution in [3.05, 3.63) is 47.5 Å². The first-order valence-corrected chi connectivity index (χ1v) is 6.28. The number of hydrogen-bond acceptors (Lipinski definition) is 2. The van der Waals surface area contributed by atoms with Gasteiger partial charge in [0, 0.05) is 17.2 Å². The molecule has 0 N–H and O–H groups in total. The van der Waals surface area contributed by atoms with Crippen LogP contribution >= 0.6 is 0 Å². The van der Waals surface area contributed by atoms with E-state index in [-0.39, 0.29) is 5.57 Å². The van der Waals surface area contributed by atoms with Crippen LogP contribution in [0.1, 0.15) is 38.2 Å². The molecule has 2 nitrogen and oxygen atoms in total. The van der Waals surface area contributed by atoms with Gasteiger partial charge in [0.2, 0.25) is 0 Å². The molecule has 19 heavy (non-hydrogen) atoms. The van der Waals surface area contributed by atoms with Gasteiger partial charge in [-0.05, 0) is 44.7 Å². The van der Waals surface area contributed by atoms with E-state index in [1.165, 1.54) is 12.1 Å². The molecule has 1 saturated carbocycles. The van der Waals surface area contributed by atoms with Gasteiger partial charge in [-0.25, -0.2) is 13.6 Å². The fraction of sp³-hybridized carbons (Fsp3) is 0.400. The van der Waals surface area contributed by atoms with E-state index in [2.05, 4.69) is 6.58 Å². The normalized spacial score (nSPS) is 17.2. The van der Waals surface area contributed by atoms with Crippen molar-refractivity contribution in [2.24, 2.45) is 0 Å². The number of benzene rings is 1. The van der Waals surface area contributed by atoms with Crippen molar-refractivity contribution in [2.45, 2.75) is 38.2 Å². The van der Waals surface area contributed by atoms with Crippen molar-refractivity contribution in [3.8, 4) is 0 Å². The van der Waals surface area contributed by atoms with Crippen LogP contribution in [0.15, 0.2) is 30.4 Å². The van der Waals surface area contributed by atoms with Gasteiger partial charge in [-0.3, -0.25) is 0 Å². The second kappa shape index (κ2) is 5.11. The van der Waals surface area contributed by atoms with Gasteiger partial charge in [0.05, 0.1) is 0 Å². The zero-order valence-corrected chi connectivity index (χ0v) is 10.8. The predicted octanol–water partition coefficient (Wildman–Crippen LogP) is 3.85. The molecule has 1 aliphatic carbocycles. The van der Waals surface area contributed by atoms with Crippen molar-refractivity contribution in [1.82, 2.24) is 0 Å². The highest BCUT2D eigenvalue weighted by atomic mass is 19.1. The van der Waals surface area contributed by atoms with Crippen molar-refractivity contribution in [3.63, 3.8) is 0 Å². The molecule has 0 bridgehead atoms. The molecule has 1 fully saturated rings. The van der Waals surface area contributed by atoms with Crippen molar-refractivity contribution >= 4 is 5.97 Å². The Kier molecular flexibility index (Phi) is 3.69. The number of carbonyl (C=O) groups excluding carboxylic acids is 1. The van der Waals surface area contributed by atoms with Gasteiger partial charge in [-0.1, -0.05) is 6.58 Å². The molecule has 1 aliphatic rings. The second-order valence-corrected chi connectivity index (χ2v) is 5.03. The molecular formula is C15H16F2O2. The van der Waals surface area contributed by atoms with Crippen LogP contribution in [0.2, 0.25) is 0 Å². The first kappa shape index (κ1) is 13.7. The summed E-state index contributed by atoms with van der Waals surface area (Å²) in [7, 11) is 0. The highest BCUT2D eigenvalue weighted by molar-refractivity contribution is 5.87. The molecule has 0 aromatic heterocycles. The summed E-state index contributed by atoms with van der Waals surface area (Å²) in [6, 6.07) is 3.28. The van der Waals surface area contributed by atoms with E-state index in [1.807, 2.05) is 0 Å². The maximum Gasteiger partial charge on any atom is 0.333 e. The SMILES string of the molecule is C=C(C)C(=O)OC1(c2cc(F)cc(F)c2)CCCC1. The van der Waals surface area contributed by atoms with E-state index in [9.17, 15) is 13.6 Å². The Morgan fingerprint density at radius 2 is 1.74 bits per heavy atom. The zero-order valence-electron chi connectivity index (χ0n) is 10.8. The lowest BCUT2D eigenvalue weighted by atomic mass is 9.91. The molecule has 0 atom stereocenters. The Balaban J connectivity index is 2.38. The molecule has 1 aromatic rings. The van der Waals surface area contributed by atoms with Crippen molar-refractivity contribution in [1.29, 1.82) is 0 Å². The smallest absolute Gasteiger partial charge is 0.333 e. The first-order chi connectivity index (χ1) is 8.93. The van der Waals surface area contributed by atoms with Crippen LogP contribution in [-0.4, -0.2) is 5.97 Å². The molecule has 102 valence electrons. The molecule has 0 aliphatic heterocycles. The molecule has 0 unspecified atom stereocenters. The number of hydrogen-bond donors (Lipinski definition) is 0. The number of carbonyl (C=O) groups is 1. The van der Waals surface area contributed by atoms with Crippen LogP contribution in [0.5, 0.6) is 0 Å². The lowest BCUT2D eigenvalue weighted by Crippen LogP contribution is -2.30. The van der Waals surface area contributed by atoms with Gasteiger partial charge in [-0.2, -0.15) is 0 Å². The standard InChI is InChI=1S/C15H16F2O2/c1-10(2)14(18)19-15(5-3-4-6-15)11-7-12(16)9-13(17)8-11/h7-9H,1,3-6H2,2H3. The van der Waals surface area contributed by atoms with E-state index in [0.717, 1.165) is 18.9 Å². The van der Waals surface area contributed by atoms with E-state index in [0.29, 0.717) is 18.4 Å². The second-order valence-electron chi connectivity index (χ2n) is 5.03. The Morgan fingerprint density at radius 1 is 1.21 bits per heavy atom. The molecule has 2 rings (SSSR count). The molecule has 0 radical (unpaired) electrons. The molecule has 0 spiro atoms. The van der Waals surface area contributed by atoms with Gasteiger partial charge in [0.15, 0.2) is 0 Å². The predicted molar refractivity (Wildman–Crippen MR) is 67.4 cm³/mol. The summed E-state index contributed by atoms with van der Waals surface area (Å²) in [5, 5.41) is 0. The van der Waals surface area contributed by atoms with Crippen LogP contribution in [0.25, 0.3) is 0 Å². The molecule has 0 heterocycles. The summed E-state index contributed by atoms with van der Waals surface area (Å²) in [5.41, 5.74) is -0.251. The van der Waals surface area contributed by atoms with Crippen molar-refractivity contribution < 1.29 is 18.3 Å². The van der Waals surface area contributed by atoms with Gasteiger partial charge < -0.3 is 4.74 Å². The maximum atomic E-state index is 13.3. The van der Waals surface area contributed by atoms with Gasteiger partial charge >= 0.3 is 5.97 Å². The average Bonchev–Trinajstić information content (AvgIpc) is 2.77. The lowest BCUT2D eigenvalue weighted by Gasteiger charge is -2.29. The minimum absolute atomic E-state index is 0.281. The van der Waals surface area contributed by atoms with E-state index >= 15 is 0 Å². The Hall–Kier alpha value is -1.71. The fourth-order valence-corrected chi connectivity index (χ4v) is 2.48. The van der Waals surface area contributed by atoms with Gasteiger partial charge in [-0.15, -0.1) is 0 Å². The summed E-state index contributed by atoms with van der Waals surface area (Å²) in [6.45, 7) is 5.09. The highest BCUT2D eigenvalue weighted by Crippen LogP contribution is 2.43. The van der Waals surface area contributed by atoms with E-state index in [4.69, 9.17) is 4.74 Å². The van der Waals surface area contributed by atoms with Crippen LogP contribution in [0.4, 0.5) is 8.78 Å². The average molecular weight is 266 g/mol. The third-order valence-electron chi connectivity index (χ3n) is 3.44. The third-order valence-corrected chi connectivity index (χ3v) is 3.44. The summed E-state index contributed by atoms with van der Waals surface area (Å²) in [6.07, 6.45) is 2.88. The number of ether oxygens (including phenoxy) is 1. The number of rotatable bonds is 3. The van der Waals surface area contributed by atoms with Crippen LogP contribution in [-0.2, 0) is 15.1 Å². The topological polar surface area (TPSA) is 26.3 Å². The highest BCUT2D eigenvalue weighted by Gasteiger charge is 2.40. The van der Waals surface area contributed by atoms with Crippen LogP contribution < -0.4 is 0 Å². The molecular weight excluding hydrogens is 250 g/mol.